The summed E-state index contributed by atoms with van der Waals surface area (Å²) in [6, 6.07) is 0. The summed E-state index contributed by atoms with van der Waals surface area (Å²) in [7, 11) is 0. The van der Waals surface area contributed by atoms with Gasteiger partial charge in [0.15, 0.2) is 0 Å². The number of allylic oxidation sites excluding steroid dienone is 4. The van der Waals surface area contributed by atoms with Crippen molar-refractivity contribution in [1.82, 2.24) is 0 Å². The fourth-order valence-electron chi connectivity index (χ4n) is 11.2. The lowest BCUT2D eigenvalue weighted by Gasteiger charge is -2.33. The third-order valence-corrected chi connectivity index (χ3v) is 16.5. The van der Waals surface area contributed by atoms with E-state index < -0.39 is 5.60 Å². The molecule has 0 amide bonds. The molecule has 2 heteroatoms. The maximum Gasteiger partial charge on any atom is 0.0880 e. The zero-order valence-electron chi connectivity index (χ0n) is 50.4. The van der Waals surface area contributed by atoms with Crippen LogP contribution in [0.3, 0.4) is 0 Å². The normalized spacial score (nSPS) is 15.6. The van der Waals surface area contributed by atoms with Crippen molar-refractivity contribution >= 4 is 0 Å². The van der Waals surface area contributed by atoms with E-state index in [-0.39, 0.29) is 6.10 Å². The summed E-state index contributed by atoms with van der Waals surface area (Å²) in [6.07, 6.45) is 66.1. The molecule has 0 spiro atoms. The molecule has 0 heterocycles. The van der Waals surface area contributed by atoms with E-state index in [0.717, 1.165) is 74.2 Å². The minimum absolute atomic E-state index is 0.0804. The number of aliphatic hydroxyl groups is 1. The van der Waals surface area contributed by atoms with Crippen molar-refractivity contribution in [3.8, 4) is 0 Å². The molecule has 0 aliphatic rings. The van der Waals surface area contributed by atoms with E-state index in [1.54, 1.807) is 0 Å². The van der Waals surface area contributed by atoms with Crippen LogP contribution < -0.4 is 0 Å². The zero-order valence-corrected chi connectivity index (χ0v) is 50.4. The van der Waals surface area contributed by atoms with E-state index in [2.05, 4.69) is 94.4 Å². The topological polar surface area (TPSA) is 29.5 Å². The highest BCUT2D eigenvalue weighted by Crippen LogP contribution is 2.29. The Morgan fingerprint density at radius 1 is 0.400 bits per heavy atom. The fraction of sp³-hybridized carbons (Fsp3) is 0.941. The fourth-order valence-corrected chi connectivity index (χ4v) is 11.2. The Morgan fingerprint density at radius 2 is 0.743 bits per heavy atom. The van der Waals surface area contributed by atoms with Crippen LogP contribution in [0.4, 0.5) is 0 Å². The van der Waals surface area contributed by atoms with Crippen molar-refractivity contribution in [3.63, 3.8) is 0 Å². The second-order valence-corrected chi connectivity index (χ2v) is 25.5. The van der Waals surface area contributed by atoms with Crippen molar-refractivity contribution in [2.24, 2.45) is 35.5 Å². The number of unbranched alkanes of at least 4 members (excludes halogenated alkanes) is 22. The Labute approximate surface area is 444 Å². The molecule has 2 nitrogen and oxygen atoms in total. The minimum atomic E-state index is -0.766. The lowest BCUT2D eigenvalue weighted by Crippen LogP contribution is -2.41. The number of hydrogen-bond acceptors (Lipinski definition) is 2. The van der Waals surface area contributed by atoms with Crippen LogP contribution >= 0.6 is 0 Å². The van der Waals surface area contributed by atoms with Crippen molar-refractivity contribution in [1.29, 1.82) is 0 Å². The largest absolute Gasteiger partial charge is 0.387 e. The molecule has 0 bridgehead atoms. The SMILES string of the molecule is CCCCCCCC/C=C\CCCCCCCCCCCCCCCCCCO[C@H](CC/C=C(\C)CCC[C@H](C)CCC[C@H](C)CCCC(C)C)[C@@](C)(O)CCC[C@H](C)CCC[C@H](C)CCCC(C)C. The third-order valence-electron chi connectivity index (χ3n) is 16.5. The van der Waals surface area contributed by atoms with E-state index >= 15 is 0 Å². The lowest BCUT2D eigenvalue weighted by atomic mass is 9.86. The standard InChI is InChI=1S/C68H134O2/c1-12-13-14-15-16-17-18-19-20-21-22-23-24-25-26-27-28-29-30-31-32-33-34-35-36-37-59-70-67(68(11,69)58-44-56-66(10)54-42-50-63(7)48-39-46-61(4)5)57-43-55-65(9)53-41-52-64(8)51-40-49-62(6)47-38-45-60(2)3/h19-20,55,60-64,66-67,69H,12-18,21-54,56-59H2,1-11H3/b20-19-,65-55+/t62-,63-,64-,66-,67-,68+/m1/s1. The number of ether oxygens (including phenoxy) is 1. The Bertz CT molecular complexity index is 1100. The first-order valence-electron chi connectivity index (χ1n) is 32.4. The molecule has 418 valence electrons. The average Bonchev–Trinajstić information content (AvgIpc) is 3.30. The highest BCUT2D eigenvalue weighted by Gasteiger charge is 2.32. The van der Waals surface area contributed by atoms with E-state index in [9.17, 15) is 5.11 Å². The summed E-state index contributed by atoms with van der Waals surface area (Å²) in [4.78, 5) is 0. The van der Waals surface area contributed by atoms with Gasteiger partial charge in [0, 0.05) is 6.61 Å². The maximum absolute atomic E-state index is 11.9. The van der Waals surface area contributed by atoms with Gasteiger partial charge in [-0.1, -0.05) is 304 Å². The predicted molar refractivity (Wildman–Crippen MR) is 318 cm³/mol. The van der Waals surface area contributed by atoms with Crippen LogP contribution in [-0.4, -0.2) is 23.4 Å². The molecule has 0 aromatic heterocycles. The second-order valence-electron chi connectivity index (χ2n) is 25.5. The molecule has 0 saturated carbocycles. The molecule has 70 heavy (non-hydrogen) atoms. The van der Waals surface area contributed by atoms with E-state index in [4.69, 9.17) is 4.74 Å². The Hall–Kier alpha value is -0.600. The molecule has 0 aliphatic carbocycles. The summed E-state index contributed by atoms with van der Waals surface area (Å²) in [5, 5.41) is 11.9. The molecule has 0 fully saturated rings. The second kappa shape index (κ2) is 50.6. The van der Waals surface area contributed by atoms with Gasteiger partial charge in [-0.2, -0.15) is 0 Å². The summed E-state index contributed by atoms with van der Waals surface area (Å²) in [5.41, 5.74) is 0.763. The van der Waals surface area contributed by atoms with Crippen LogP contribution in [0.2, 0.25) is 0 Å². The predicted octanol–water partition coefficient (Wildman–Crippen LogP) is 23.7. The van der Waals surface area contributed by atoms with Crippen molar-refractivity contribution < 1.29 is 9.84 Å². The van der Waals surface area contributed by atoms with Gasteiger partial charge in [-0.3, -0.25) is 0 Å². The van der Waals surface area contributed by atoms with Gasteiger partial charge < -0.3 is 9.84 Å². The van der Waals surface area contributed by atoms with E-state index in [1.165, 1.54) is 256 Å². The molecule has 0 rings (SSSR count). The van der Waals surface area contributed by atoms with E-state index in [0.29, 0.717) is 0 Å². The highest BCUT2D eigenvalue weighted by atomic mass is 16.5. The van der Waals surface area contributed by atoms with E-state index in [1.807, 2.05) is 0 Å². The van der Waals surface area contributed by atoms with Crippen LogP contribution in [0.25, 0.3) is 0 Å². The quantitative estimate of drug-likeness (QED) is 0.0486. The van der Waals surface area contributed by atoms with Crippen LogP contribution in [0, 0.1) is 35.5 Å². The van der Waals surface area contributed by atoms with Gasteiger partial charge in [0.25, 0.3) is 0 Å². The zero-order chi connectivity index (χ0) is 51.8. The first-order chi connectivity index (χ1) is 33.8. The molecule has 0 aliphatic heterocycles. The Balaban J connectivity index is 4.46. The van der Waals surface area contributed by atoms with Crippen LogP contribution in [0.5, 0.6) is 0 Å². The maximum atomic E-state index is 11.9. The molecule has 0 radical (unpaired) electrons. The summed E-state index contributed by atoms with van der Waals surface area (Å²) in [6.45, 7) is 26.8. The summed E-state index contributed by atoms with van der Waals surface area (Å²) < 4.78 is 6.66. The molecule has 0 aromatic carbocycles. The van der Waals surface area contributed by atoms with Gasteiger partial charge in [-0.05, 0) is 114 Å². The van der Waals surface area contributed by atoms with Gasteiger partial charge in [0.05, 0.1) is 11.7 Å². The summed E-state index contributed by atoms with van der Waals surface area (Å²) >= 11 is 0. The molecule has 0 unspecified atom stereocenters. The number of rotatable bonds is 55. The van der Waals surface area contributed by atoms with Gasteiger partial charge in [0.2, 0.25) is 0 Å². The van der Waals surface area contributed by atoms with Crippen LogP contribution in [0.15, 0.2) is 23.8 Å². The van der Waals surface area contributed by atoms with Crippen LogP contribution in [0.1, 0.15) is 359 Å². The third kappa shape index (κ3) is 49.6. The molecule has 1 N–H and O–H groups in total. The number of hydrogen-bond donors (Lipinski definition) is 1. The van der Waals surface area contributed by atoms with Crippen molar-refractivity contribution in [3.05, 3.63) is 23.8 Å². The van der Waals surface area contributed by atoms with Gasteiger partial charge >= 0.3 is 0 Å². The van der Waals surface area contributed by atoms with Gasteiger partial charge in [-0.25, -0.2) is 0 Å². The van der Waals surface area contributed by atoms with Gasteiger partial charge in [0.1, 0.15) is 0 Å². The molecule has 0 aromatic rings. The first kappa shape index (κ1) is 69.4. The molecular formula is C68H134O2. The van der Waals surface area contributed by atoms with Crippen LogP contribution in [-0.2, 0) is 4.74 Å². The van der Waals surface area contributed by atoms with Crippen molar-refractivity contribution in [2.75, 3.05) is 6.61 Å². The van der Waals surface area contributed by atoms with Crippen molar-refractivity contribution in [2.45, 2.75) is 370 Å². The summed E-state index contributed by atoms with van der Waals surface area (Å²) in [5.74, 6) is 4.99. The first-order valence-corrected chi connectivity index (χ1v) is 32.4. The average molecular weight is 984 g/mol. The molecular weight excluding hydrogens is 849 g/mol. The monoisotopic (exact) mass is 983 g/mol. The highest BCUT2D eigenvalue weighted by molar-refractivity contribution is 4.99. The smallest absolute Gasteiger partial charge is 0.0880 e. The Kier molecular flexibility index (Phi) is 50.1. The minimum Gasteiger partial charge on any atom is -0.387 e. The lowest BCUT2D eigenvalue weighted by molar-refractivity contribution is -0.107. The van der Waals surface area contributed by atoms with Gasteiger partial charge in [-0.15, -0.1) is 0 Å². The molecule has 6 atom stereocenters. The Morgan fingerprint density at radius 3 is 1.14 bits per heavy atom. The molecule has 0 saturated heterocycles.